The molecule has 0 aliphatic heterocycles. The molecule has 1 rings (SSSR count). The Hall–Kier alpha value is -1.07. The van der Waals surface area contributed by atoms with Gasteiger partial charge in [0.2, 0.25) is 10.0 Å². The Balaban J connectivity index is 3.17. The number of sulfonamides is 1. The van der Waals surface area contributed by atoms with E-state index >= 15 is 0 Å². The summed E-state index contributed by atoms with van der Waals surface area (Å²) in [5.41, 5.74) is 7.15. The predicted octanol–water partition coefficient (Wildman–Crippen LogP) is 2.24. The average molecular weight is 270 g/mol. The number of benzene rings is 1. The largest absolute Gasteiger partial charge is 0.398 e. The molecule has 0 heterocycles. The highest BCUT2D eigenvalue weighted by Gasteiger charge is 2.27. The fourth-order valence-electron chi connectivity index (χ4n) is 1.58. The SMILES string of the molecule is Cc1ccc(S(=O)(=O)N(C)C(C)C(C)C)cc1N. The lowest BCUT2D eigenvalue weighted by Gasteiger charge is -2.27. The monoisotopic (exact) mass is 270 g/mol. The number of anilines is 1. The van der Waals surface area contributed by atoms with E-state index < -0.39 is 10.0 Å². The highest BCUT2D eigenvalue weighted by molar-refractivity contribution is 7.89. The van der Waals surface area contributed by atoms with Gasteiger partial charge in [0.25, 0.3) is 0 Å². The molecule has 0 saturated heterocycles. The van der Waals surface area contributed by atoms with Crippen molar-refractivity contribution in [2.75, 3.05) is 12.8 Å². The van der Waals surface area contributed by atoms with Crippen LogP contribution in [-0.2, 0) is 10.0 Å². The van der Waals surface area contributed by atoms with Crippen LogP contribution in [0.3, 0.4) is 0 Å². The number of nitrogens with zero attached hydrogens (tertiary/aromatic N) is 1. The second kappa shape index (κ2) is 5.28. The topological polar surface area (TPSA) is 63.4 Å². The van der Waals surface area contributed by atoms with Gasteiger partial charge in [-0.2, -0.15) is 4.31 Å². The van der Waals surface area contributed by atoms with Gasteiger partial charge in [0, 0.05) is 18.8 Å². The zero-order valence-corrected chi connectivity index (χ0v) is 12.5. The first-order chi connectivity index (χ1) is 8.17. The lowest BCUT2D eigenvalue weighted by molar-refractivity contribution is 0.316. The van der Waals surface area contributed by atoms with Crippen molar-refractivity contribution < 1.29 is 8.42 Å². The quantitative estimate of drug-likeness (QED) is 0.853. The van der Waals surface area contributed by atoms with Crippen molar-refractivity contribution in [3.63, 3.8) is 0 Å². The Kier molecular flexibility index (Phi) is 4.40. The smallest absolute Gasteiger partial charge is 0.243 e. The Labute approximate surface area is 110 Å². The fourth-order valence-corrected chi connectivity index (χ4v) is 3.11. The molecule has 2 N–H and O–H groups in total. The minimum absolute atomic E-state index is 0.0578. The van der Waals surface area contributed by atoms with E-state index in [0.717, 1.165) is 5.56 Å². The van der Waals surface area contributed by atoms with Gasteiger partial charge in [0.05, 0.1) is 4.90 Å². The van der Waals surface area contributed by atoms with Crippen LogP contribution in [0.4, 0.5) is 5.69 Å². The molecule has 1 unspecified atom stereocenters. The molecule has 0 aromatic heterocycles. The van der Waals surface area contributed by atoms with E-state index in [-0.39, 0.29) is 16.9 Å². The minimum Gasteiger partial charge on any atom is -0.398 e. The number of hydrogen-bond acceptors (Lipinski definition) is 3. The van der Waals surface area contributed by atoms with Crippen LogP contribution in [0.2, 0.25) is 0 Å². The second-order valence-corrected chi connectivity index (χ2v) is 7.02. The zero-order valence-electron chi connectivity index (χ0n) is 11.6. The first-order valence-electron chi connectivity index (χ1n) is 6.02. The van der Waals surface area contributed by atoms with Crippen LogP contribution >= 0.6 is 0 Å². The van der Waals surface area contributed by atoms with Crippen LogP contribution in [0.1, 0.15) is 26.3 Å². The van der Waals surface area contributed by atoms with Crippen LogP contribution in [-0.4, -0.2) is 25.8 Å². The van der Waals surface area contributed by atoms with E-state index in [1.165, 1.54) is 10.4 Å². The summed E-state index contributed by atoms with van der Waals surface area (Å²) in [7, 11) is -1.86. The summed E-state index contributed by atoms with van der Waals surface area (Å²) in [4.78, 5) is 0.251. The van der Waals surface area contributed by atoms with Crippen molar-refractivity contribution in [2.45, 2.75) is 38.6 Å². The summed E-state index contributed by atoms with van der Waals surface area (Å²) in [6.45, 7) is 7.76. The summed E-state index contributed by atoms with van der Waals surface area (Å²) >= 11 is 0. The zero-order chi connectivity index (χ0) is 14.1. The van der Waals surface area contributed by atoms with E-state index in [0.29, 0.717) is 5.69 Å². The van der Waals surface area contributed by atoms with Crippen molar-refractivity contribution in [3.05, 3.63) is 23.8 Å². The van der Waals surface area contributed by atoms with Crippen molar-refractivity contribution in [1.29, 1.82) is 0 Å². The lowest BCUT2D eigenvalue weighted by Crippen LogP contribution is -2.38. The molecule has 0 bridgehead atoms. The van der Waals surface area contributed by atoms with Crippen LogP contribution in [0, 0.1) is 12.8 Å². The maximum Gasteiger partial charge on any atom is 0.243 e. The summed E-state index contributed by atoms with van der Waals surface area (Å²) < 4.78 is 26.2. The van der Waals surface area contributed by atoms with Gasteiger partial charge in [-0.3, -0.25) is 0 Å². The van der Waals surface area contributed by atoms with E-state index in [9.17, 15) is 8.42 Å². The van der Waals surface area contributed by atoms with Gasteiger partial charge in [0.1, 0.15) is 0 Å². The Bertz CT molecular complexity index is 524. The van der Waals surface area contributed by atoms with E-state index in [1.54, 1.807) is 19.2 Å². The van der Waals surface area contributed by atoms with Gasteiger partial charge >= 0.3 is 0 Å². The van der Waals surface area contributed by atoms with Crippen molar-refractivity contribution in [3.8, 4) is 0 Å². The van der Waals surface area contributed by atoms with Gasteiger partial charge in [-0.05, 0) is 37.5 Å². The standard InChI is InChI=1S/C13H22N2O2S/c1-9(2)11(4)15(5)18(16,17)12-7-6-10(3)13(14)8-12/h6-9,11H,14H2,1-5H3. The van der Waals surface area contributed by atoms with Crippen LogP contribution < -0.4 is 5.73 Å². The molecule has 1 aromatic rings. The average Bonchev–Trinajstić information content (AvgIpc) is 2.30. The molecule has 18 heavy (non-hydrogen) atoms. The highest BCUT2D eigenvalue weighted by atomic mass is 32.2. The first-order valence-corrected chi connectivity index (χ1v) is 7.46. The first kappa shape index (κ1) is 15.0. The molecule has 1 aromatic carbocycles. The molecule has 0 spiro atoms. The van der Waals surface area contributed by atoms with Crippen LogP contribution in [0.25, 0.3) is 0 Å². The molecule has 5 heteroatoms. The number of rotatable bonds is 4. The van der Waals surface area contributed by atoms with Crippen molar-refractivity contribution >= 4 is 15.7 Å². The van der Waals surface area contributed by atoms with Gasteiger partial charge in [-0.15, -0.1) is 0 Å². The third-order valence-electron chi connectivity index (χ3n) is 3.47. The third-order valence-corrected chi connectivity index (χ3v) is 5.41. The minimum atomic E-state index is -3.47. The molecule has 0 aliphatic carbocycles. The van der Waals surface area contributed by atoms with E-state index in [2.05, 4.69) is 0 Å². The molecule has 1 atom stereocenters. The predicted molar refractivity (Wildman–Crippen MR) is 74.8 cm³/mol. The summed E-state index contributed by atoms with van der Waals surface area (Å²) in [6, 6.07) is 4.80. The number of hydrogen-bond donors (Lipinski definition) is 1. The maximum absolute atomic E-state index is 12.4. The summed E-state index contributed by atoms with van der Waals surface area (Å²) in [5.74, 6) is 0.257. The van der Waals surface area contributed by atoms with E-state index in [4.69, 9.17) is 5.73 Å². The summed E-state index contributed by atoms with van der Waals surface area (Å²) in [5, 5.41) is 0. The molecule has 0 fully saturated rings. The molecule has 4 nitrogen and oxygen atoms in total. The number of nitrogens with two attached hydrogens (primary N) is 1. The molecule has 0 aliphatic rings. The molecular weight excluding hydrogens is 248 g/mol. The molecular formula is C13H22N2O2S. The molecule has 102 valence electrons. The second-order valence-electron chi connectivity index (χ2n) is 5.02. The summed E-state index contributed by atoms with van der Waals surface area (Å²) in [6.07, 6.45) is 0. The van der Waals surface area contributed by atoms with Gasteiger partial charge in [0.15, 0.2) is 0 Å². The van der Waals surface area contributed by atoms with Crippen molar-refractivity contribution in [1.82, 2.24) is 4.31 Å². The van der Waals surface area contributed by atoms with Crippen LogP contribution in [0.15, 0.2) is 23.1 Å². The van der Waals surface area contributed by atoms with E-state index in [1.807, 2.05) is 27.7 Å². The fraction of sp³-hybridized carbons (Fsp3) is 0.538. The lowest BCUT2D eigenvalue weighted by atomic mass is 10.1. The third kappa shape index (κ3) is 2.84. The van der Waals surface area contributed by atoms with Gasteiger partial charge in [-0.25, -0.2) is 8.42 Å². The number of nitrogen functional groups attached to an aromatic ring is 1. The van der Waals surface area contributed by atoms with Gasteiger partial charge in [-0.1, -0.05) is 19.9 Å². The van der Waals surface area contributed by atoms with Gasteiger partial charge < -0.3 is 5.73 Å². The molecule has 0 amide bonds. The maximum atomic E-state index is 12.4. The Morgan fingerprint density at radius 2 is 1.78 bits per heavy atom. The molecule has 0 saturated carbocycles. The molecule has 0 radical (unpaired) electrons. The Morgan fingerprint density at radius 3 is 2.22 bits per heavy atom. The van der Waals surface area contributed by atoms with Crippen LogP contribution in [0.5, 0.6) is 0 Å². The number of aryl methyl sites for hydroxylation is 1. The van der Waals surface area contributed by atoms with Crippen molar-refractivity contribution in [2.24, 2.45) is 5.92 Å². The highest BCUT2D eigenvalue weighted by Crippen LogP contribution is 2.23. The Morgan fingerprint density at radius 1 is 1.22 bits per heavy atom. The normalized spacial score (nSPS) is 14.2.